The Hall–Kier alpha value is -1.78. The molecule has 1 aromatic heterocycles. The van der Waals surface area contributed by atoms with Gasteiger partial charge in [0.15, 0.2) is 0 Å². The highest BCUT2D eigenvalue weighted by Gasteiger charge is 2.07. The van der Waals surface area contributed by atoms with Crippen LogP contribution in [0.1, 0.15) is 20.3 Å². The fourth-order valence-electron chi connectivity index (χ4n) is 1.19. The van der Waals surface area contributed by atoms with Crippen LogP contribution in [0.25, 0.3) is 0 Å². The van der Waals surface area contributed by atoms with Gasteiger partial charge in [0.05, 0.1) is 0 Å². The first-order valence-electron chi connectivity index (χ1n) is 5.39. The van der Waals surface area contributed by atoms with Gasteiger partial charge in [-0.15, -0.1) is 0 Å². The molecule has 1 unspecified atom stereocenters. The van der Waals surface area contributed by atoms with Crippen LogP contribution in [0.2, 0.25) is 0 Å². The van der Waals surface area contributed by atoms with Gasteiger partial charge in [-0.25, -0.2) is 4.98 Å². The van der Waals surface area contributed by atoms with E-state index < -0.39 is 0 Å². The first-order valence-corrected chi connectivity index (χ1v) is 5.39. The molecule has 0 aliphatic carbocycles. The lowest BCUT2D eigenvalue weighted by Gasteiger charge is -2.12. The molecule has 1 rings (SSSR count). The minimum absolute atomic E-state index is 0.375. The SMILES string of the molecule is CCCNc1cc(NC(C)C(N)=O)ccn1. The summed E-state index contributed by atoms with van der Waals surface area (Å²) in [6.07, 6.45) is 2.73. The summed E-state index contributed by atoms with van der Waals surface area (Å²) in [7, 11) is 0. The second kappa shape index (κ2) is 5.95. The molecular weight excluding hydrogens is 204 g/mol. The predicted octanol–water partition coefficient (Wildman–Crippen LogP) is 1.19. The summed E-state index contributed by atoms with van der Waals surface area (Å²) >= 11 is 0. The van der Waals surface area contributed by atoms with Gasteiger partial charge in [-0.05, 0) is 19.4 Å². The van der Waals surface area contributed by atoms with Gasteiger partial charge >= 0.3 is 0 Å². The fraction of sp³-hybridized carbons (Fsp3) is 0.455. The van der Waals surface area contributed by atoms with Crippen molar-refractivity contribution in [3.8, 4) is 0 Å². The van der Waals surface area contributed by atoms with Crippen molar-refractivity contribution in [3.05, 3.63) is 18.3 Å². The number of anilines is 2. The third kappa shape index (κ3) is 3.76. The monoisotopic (exact) mass is 222 g/mol. The molecule has 0 saturated heterocycles. The lowest BCUT2D eigenvalue weighted by atomic mass is 10.3. The van der Waals surface area contributed by atoms with E-state index in [1.165, 1.54) is 0 Å². The van der Waals surface area contributed by atoms with Gasteiger partial charge in [0.25, 0.3) is 0 Å². The van der Waals surface area contributed by atoms with Crippen molar-refractivity contribution in [2.45, 2.75) is 26.3 Å². The minimum atomic E-state index is -0.388. The Kier molecular flexibility index (Phi) is 4.57. The number of primary amides is 1. The molecule has 1 aromatic rings. The van der Waals surface area contributed by atoms with E-state index in [0.717, 1.165) is 24.5 Å². The van der Waals surface area contributed by atoms with Crippen LogP contribution in [-0.4, -0.2) is 23.5 Å². The summed E-state index contributed by atoms with van der Waals surface area (Å²) in [5, 5.41) is 6.17. The van der Waals surface area contributed by atoms with Gasteiger partial charge in [-0.1, -0.05) is 6.92 Å². The molecule has 0 spiro atoms. The molecule has 16 heavy (non-hydrogen) atoms. The summed E-state index contributed by atoms with van der Waals surface area (Å²) in [6, 6.07) is 3.27. The highest BCUT2D eigenvalue weighted by atomic mass is 16.1. The third-order valence-corrected chi connectivity index (χ3v) is 2.13. The first kappa shape index (κ1) is 12.3. The zero-order valence-corrected chi connectivity index (χ0v) is 9.66. The van der Waals surface area contributed by atoms with Crippen LogP contribution in [0.4, 0.5) is 11.5 Å². The molecule has 5 nitrogen and oxygen atoms in total. The third-order valence-electron chi connectivity index (χ3n) is 2.13. The molecule has 4 N–H and O–H groups in total. The molecule has 0 aliphatic heterocycles. The second-order valence-electron chi connectivity index (χ2n) is 3.62. The van der Waals surface area contributed by atoms with Crippen LogP contribution in [0.15, 0.2) is 18.3 Å². The number of pyridine rings is 1. The van der Waals surface area contributed by atoms with Crippen molar-refractivity contribution < 1.29 is 4.79 Å². The zero-order valence-electron chi connectivity index (χ0n) is 9.66. The maximum Gasteiger partial charge on any atom is 0.239 e. The van der Waals surface area contributed by atoms with E-state index >= 15 is 0 Å². The van der Waals surface area contributed by atoms with Gasteiger partial charge in [0, 0.05) is 24.5 Å². The van der Waals surface area contributed by atoms with E-state index in [2.05, 4.69) is 22.5 Å². The zero-order chi connectivity index (χ0) is 12.0. The molecule has 0 aromatic carbocycles. The lowest BCUT2D eigenvalue weighted by Crippen LogP contribution is -2.32. The number of carbonyl (C=O) groups is 1. The van der Waals surface area contributed by atoms with Gasteiger partial charge in [0.2, 0.25) is 5.91 Å². The Morgan fingerprint density at radius 1 is 1.62 bits per heavy atom. The van der Waals surface area contributed by atoms with E-state index in [1.54, 1.807) is 19.2 Å². The van der Waals surface area contributed by atoms with Crippen molar-refractivity contribution in [3.63, 3.8) is 0 Å². The second-order valence-corrected chi connectivity index (χ2v) is 3.62. The topological polar surface area (TPSA) is 80.0 Å². The van der Waals surface area contributed by atoms with E-state index in [1.807, 2.05) is 6.07 Å². The summed E-state index contributed by atoms with van der Waals surface area (Å²) in [5.74, 6) is 0.420. The molecule has 0 radical (unpaired) electrons. The van der Waals surface area contributed by atoms with Crippen molar-refractivity contribution in [1.82, 2.24) is 4.98 Å². The smallest absolute Gasteiger partial charge is 0.239 e. The van der Waals surface area contributed by atoms with Crippen molar-refractivity contribution in [1.29, 1.82) is 0 Å². The molecule has 1 atom stereocenters. The fourth-order valence-corrected chi connectivity index (χ4v) is 1.19. The van der Waals surface area contributed by atoms with Crippen LogP contribution >= 0.6 is 0 Å². The van der Waals surface area contributed by atoms with E-state index in [0.29, 0.717) is 0 Å². The molecule has 88 valence electrons. The number of nitrogens with one attached hydrogen (secondary N) is 2. The molecular formula is C11H18N4O. The normalized spacial score (nSPS) is 11.9. The van der Waals surface area contributed by atoms with Crippen molar-refractivity contribution in [2.24, 2.45) is 5.73 Å². The average molecular weight is 222 g/mol. The van der Waals surface area contributed by atoms with Crippen LogP contribution in [0.3, 0.4) is 0 Å². The molecule has 0 fully saturated rings. The van der Waals surface area contributed by atoms with Crippen molar-refractivity contribution in [2.75, 3.05) is 17.2 Å². The maximum absolute atomic E-state index is 10.9. The highest BCUT2D eigenvalue weighted by molar-refractivity contribution is 5.82. The number of rotatable bonds is 6. The highest BCUT2D eigenvalue weighted by Crippen LogP contribution is 2.12. The number of aromatic nitrogens is 1. The molecule has 0 aliphatic rings. The predicted molar refractivity (Wildman–Crippen MR) is 65.3 cm³/mol. The maximum atomic E-state index is 10.9. The summed E-state index contributed by atoms with van der Waals surface area (Å²) in [4.78, 5) is 15.1. The van der Waals surface area contributed by atoms with Gasteiger partial charge in [0.1, 0.15) is 11.9 Å². The molecule has 5 heteroatoms. The van der Waals surface area contributed by atoms with Crippen LogP contribution in [0, 0.1) is 0 Å². The number of hydrogen-bond donors (Lipinski definition) is 3. The number of nitrogens with zero attached hydrogens (tertiary/aromatic N) is 1. The first-order chi connectivity index (χ1) is 7.63. The van der Waals surface area contributed by atoms with Crippen molar-refractivity contribution >= 4 is 17.4 Å². The Morgan fingerprint density at radius 2 is 2.38 bits per heavy atom. The van der Waals surface area contributed by atoms with Gasteiger partial charge in [-0.3, -0.25) is 4.79 Å². The largest absolute Gasteiger partial charge is 0.374 e. The summed E-state index contributed by atoms with van der Waals surface area (Å²) in [5.41, 5.74) is 6.00. The Bertz CT molecular complexity index is 354. The van der Waals surface area contributed by atoms with Gasteiger partial charge in [-0.2, -0.15) is 0 Å². The van der Waals surface area contributed by atoms with E-state index in [-0.39, 0.29) is 11.9 Å². The van der Waals surface area contributed by atoms with Crippen LogP contribution in [-0.2, 0) is 4.79 Å². The number of amides is 1. The number of nitrogens with two attached hydrogens (primary N) is 1. The van der Waals surface area contributed by atoms with E-state index in [9.17, 15) is 4.79 Å². The summed E-state index contributed by atoms with van der Waals surface area (Å²) in [6.45, 7) is 4.69. The molecule has 1 heterocycles. The average Bonchev–Trinajstić information content (AvgIpc) is 2.26. The van der Waals surface area contributed by atoms with Crippen LogP contribution in [0.5, 0.6) is 0 Å². The Balaban J connectivity index is 2.63. The molecule has 0 saturated carbocycles. The summed E-state index contributed by atoms with van der Waals surface area (Å²) < 4.78 is 0. The van der Waals surface area contributed by atoms with E-state index in [4.69, 9.17) is 5.73 Å². The Morgan fingerprint density at radius 3 is 3.00 bits per heavy atom. The molecule has 1 amide bonds. The van der Waals surface area contributed by atoms with Gasteiger partial charge < -0.3 is 16.4 Å². The quantitative estimate of drug-likeness (QED) is 0.675. The Labute approximate surface area is 95.4 Å². The number of carbonyl (C=O) groups excluding carboxylic acids is 1. The minimum Gasteiger partial charge on any atom is -0.374 e. The molecule has 0 bridgehead atoms. The van der Waals surface area contributed by atoms with Crippen LogP contribution < -0.4 is 16.4 Å². The number of hydrogen-bond acceptors (Lipinski definition) is 4. The lowest BCUT2D eigenvalue weighted by molar-refractivity contribution is -0.118. The standard InChI is InChI=1S/C11H18N4O/c1-3-5-13-10-7-9(4-6-14-10)15-8(2)11(12)16/h4,6-8H,3,5H2,1-2H3,(H2,12,16)(H2,13,14,15).